The minimum atomic E-state index is -1.00. The first-order chi connectivity index (χ1) is 15.9. The molecule has 1 aromatic carbocycles. The molecule has 4 rings (SSSR count). The highest BCUT2D eigenvalue weighted by Crippen LogP contribution is 2.41. The van der Waals surface area contributed by atoms with Crippen molar-refractivity contribution in [2.24, 2.45) is 0 Å². The number of ether oxygens (including phenoxy) is 2. The van der Waals surface area contributed by atoms with Gasteiger partial charge in [0.2, 0.25) is 5.75 Å². The van der Waals surface area contributed by atoms with Gasteiger partial charge in [-0.05, 0) is 38.3 Å². The molecule has 0 radical (unpaired) electrons. The van der Waals surface area contributed by atoms with Crippen molar-refractivity contribution in [1.82, 2.24) is 19.7 Å². The lowest BCUT2D eigenvalue weighted by molar-refractivity contribution is 0.0942. The fraction of sp³-hybridized carbons (Fsp3) is 0.417. The lowest BCUT2D eigenvalue weighted by atomic mass is 9.96. The molecular formula is C24H28N4O5. The Labute approximate surface area is 191 Å². The second-order valence-corrected chi connectivity index (χ2v) is 8.36. The van der Waals surface area contributed by atoms with Crippen molar-refractivity contribution in [3.63, 3.8) is 0 Å². The van der Waals surface area contributed by atoms with E-state index in [9.17, 15) is 14.4 Å². The summed E-state index contributed by atoms with van der Waals surface area (Å²) in [6, 6.07) is 8.26. The van der Waals surface area contributed by atoms with Gasteiger partial charge in [0, 0.05) is 24.1 Å². The summed E-state index contributed by atoms with van der Waals surface area (Å²) in [7, 11) is 1.42. The topological polar surface area (TPSA) is 104 Å². The minimum absolute atomic E-state index is 0.101. The van der Waals surface area contributed by atoms with E-state index in [2.05, 4.69) is 40.2 Å². The van der Waals surface area contributed by atoms with E-state index in [-0.39, 0.29) is 23.6 Å². The zero-order valence-electron chi connectivity index (χ0n) is 19.1. The number of fused-ring (bicyclic) bond motifs is 1. The summed E-state index contributed by atoms with van der Waals surface area (Å²) in [5.74, 6) is -0.936. The summed E-state index contributed by atoms with van der Waals surface area (Å²) in [6.45, 7) is 4.24. The lowest BCUT2D eigenvalue weighted by Crippen LogP contribution is -2.38. The Kier molecular flexibility index (Phi) is 6.22. The van der Waals surface area contributed by atoms with Crippen LogP contribution >= 0.6 is 0 Å². The number of carbonyl (C=O) groups is 2. The van der Waals surface area contributed by atoms with E-state index in [1.807, 2.05) is 12.1 Å². The fourth-order valence-electron chi connectivity index (χ4n) is 4.72. The average molecular weight is 453 g/mol. The van der Waals surface area contributed by atoms with Crippen LogP contribution in [0.15, 0.2) is 41.5 Å². The van der Waals surface area contributed by atoms with E-state index in [0.717, 1.165) is 31.2 Å². The van der Waals surface area contributed by atoms with Crippen molar-refractivity contribution >= 4 is 23.0 Å². The van der Waals surface area contributed by atoms with Crippen molar-refractivity contribution in [3.8, 4) is 5.75 Å². The summed E-state index contributed by atoms with van der Waals surface area (Å²) < 4.78 is 13.8. The first-order valence-electron chi connectivity index (χ1n) is 11.1. The second kappa shape index (κ2) is 9.09. The number of nitrogens with one attached hydrogen (secondary N) is 1. The molecule has 1 N–H and O–H groups in total. The molecule has 9 nitrogen and oxygen atoms in total. The SMILES string of the molecule is CCOC(=O)Oc1cn(CC2(n3cc(C)c4ccccc43)CCCC2)nc(C(=O)NC)c1=O. The highest BCUT2D eigenvalue weighted by atomic mass is 16.7. The monoisotopic (exact) mass is 452 g/mol. The summed E-state index contributed by atoms with van der Waals surface area (Å²) in [5.41, 5.74) is 0.925. The Hall–Kier alpha value is -3.62. The maximum atomic E-state index is 12.8. The number of amides is 1. The number of aromatic nitrogens is 3. The average Bonchev–Trinajstić information content (AvgIpc) is 3.41. The normalized spacial score (nSPS) is 14.9. The molecule has 0 bridgehead atoms. The first-order valence-corrected chi connectivity index (χ1v) is 11.1. The molecule has 2 aromatic heterocycles. The zero-order chi connectivity index (χ0) is 23.6. The van der Waals surface area contributed by atoms with Crippen molar-refractivity contribution in [2.45, 2.75) is 51.6 Å². The Morgan fingerprint density at radius 2 is 1.91 bits per heavy atom. The molecule has 174 valence electrons. The van der Waals surface area contributed by atoms with Crippen LogP contribution in [-0.2, 0) is 16.8 Å². The molecule has 0 aliphatic heterocycles. The van der Waals surface area contributed by atoms with Gasteiger partial charge in [-0.15, -0.1) is 0 Å². The van der Waals surface area contributed by atoms with Crippen LogP contribution < -0.4 is 15.5 Å². The van der Waals surface area contributed by atoms with E-state index < -0.39 is 17.5 Å². The number of rotatable bonds is 6. The van der Waals surface area contributed by atoms with Crippen LogP contribution in [-0.4, -0.2) is 40.1 Å². The minimum Gasteiger partial charge on any atom is -0.434 e. The highest BCUT2D eigenvalue weighted by Gasteiger charge is 2.38. The zero-order valence-corrected chi connectivity index (χ0v) is 19.1. The van der Waals surface area contributed by atoms with E-state index in [1.165, 1.54) is 28.9 Å². The Morgan fingerprint density at radius 3 is 2.61 bits per heavy atom. The molecule has 33 heavy (non-hydrogen) atoms. The lowest BCUT2D eigenvalue weighted by Gasteiger charge is -2.33. The summed E-state index contributed by atoms with van der Waals surface area (Å²) >= 11 is 0. The third-order valence-electron chi connectivity index (χ3n) is 6.24. The molecule has 9 heteroatoms. The Bertz CT molecular complexity index is 1250. The van der Waals surface area contributed by atoms with Gasteiger partial charge in [-0.25, -0.2) is 4.79 Å². The van der Waals surface area contributed by atoms with E-state index >= 15 is 0 Å². The van der Waals surface area contributed by atoms with Gasteiger partial charge in [-0.2, -0.15) is 5.10 Å². The quantitative estimate of drug-likeness (QED) is 0.575. The summed E-state index contributed by atoms with van der Waals surface area (Å²) in [6.07, 6.45) is 6.49. The van der Waals surface area contributed by atoms with Crippen molar-refractivity contribution in [1.29, 1.82) is 0 Å². The second-order valence-electron chi connectivity index (χ2n) is 8.36. The maximum Gasteiger partial charge on any atom is 0.514 e. The number of hydrogen-bond acceptors (Lipinski definition) is 6. The predicted octanol–water partition coefficient (Wildman–Crippen LogP) is 3.37. The molecular weight excluding hydrogens is 424 g/mol. The van der Waals surface area contributed by atoms with Crippen LogP contribution in [0.25, 0.3) is 10.9 Å². The van der Waals surface area contributed by atoms with E-state index in [0.29, 0.717) is 6.54 Å². The molecule has 1 aliphatic rings. The molecule has 2 heterocycles. The van der Waals surface area contributed by atoms with Gasteiger partial charge in [0.15, 0.2) is 5.69 Å². The summed E-state index contributed by atoms with van der Waals surface area (Å²) in [4.78, 5) is 37.0. The van der Waals surface area contributed by atoms with Crippen LogP contribution in [0.3, 0.4) is 0 Å². The summed E-state index contributed by atoms with van der Waals surface area (Å²) in [5, 5.41) is 7.94. The highest BCUT2D eigenvalue weighted by molar-refractivity contribution is 5.92. The number of benzene rings is 1. The molecule has 1 amide bonds. The molecule has 3 aromatic rings. The molecule has 0 unspecified atom stereocenters. The largest absolute Gasteiger partial charge is 0.514 e. The van der Waals surface area contributed by atoms with Crippen molar-refractivity contribution < 1.29 is 19.1 Å². The van der Waals surface area contributed by atoms with Crippen LogP contribution in [0.5, 0.6) is 5.75 Å². The Morgan fingerprint density at radius 1 is 1.18 bits per heavy atom. The van der Waals surface area contributed by atoms with Gasteiger partial charge < -0.3 is 19.4 Å². The number of hydrogen-bond donors (Lipinski definition) is 1. The van der Waals surface area contributed by atoms with Gasteiger partial charge in [0.1, 0.15) is 0 Å². The van der Waals surface area contributed by atoms with Gasteiger partial charge in [0.05, 0.1) is 24.9 Å². The molecule has 1 fully saturated rings. The predicted molar refractivity (Wildman–Crippen MR) is 123 cm³/mol. The third-order valence-corrected chi connectivity index (χ3v) is 6.24. The molecule has 0 spiro atoms. The van der Waals surface area contributed by atoms with E-state index in [4.69, 9.17) is 9.47 Å². The van der Waals surface area contributed by atoms with Crippen LogP contribution in [0.2, 0.25) is 0 Å². The number of nitrogens with zero attached hydrogens (tertiary/aromatic N) is 3. The molecule has 0 saturated heterocycles. The van der Waals surface area contributed by atoms with Crippen LogP contribution in [0.1, 0.15) is 48.7 Å². The molecule has 0 atom stereocenters. The third kappa shape index (κ3) is 4.22. The van der Waals surface area contributed by atoms with Crippen LogP contribution in [0, 0.1) is 6.92 Å². The van der Waals surface area contributed by atoms with Gasteiger partial charge in [-0.1, -0.05) is 31.0 Å². The maximum absolute atomic E-state index is 12.8. The van der Waals surface area contributed by atoms with Gasteiger partial charge >= 0.3 is 6.16 Å². The van der Waals surface area contributed by atoms with Gasteiger partial charge in [0.25, 0.3) is 11.3 Å². The number of aryl methyl sites for hydroxylation is 1. The van der Waals surface area contributed by atoms with Gasteiger partial charge in [-0.3, -0.25) is 14.3 Å². The first kappa shape index (κ1) is 22.6. The van der Waals surface area contributed by atoms with Crippen LogP contribution in [0.4, 0.5) is 4.79 Å². The number of carbonyl (C=O) groups excluding carboxylic acids is 2. The molecule has 1 saturated carbocycles. The molecule has 1 aliphatic carbocycles. The number of para-hydroxylation sites is 1. The van der Waals surface area contributed by atoms with Crippen molar-refractivity contribution in [2.75, 3.05) is 13.7 Å². The fourth-order valence-corrected chi connectivity index (χ4v) is 4.72. The standard InChI is InChI=1S/C24H28N4O5/c1-4-32-23(31)33-19-14-27(26-20(21(19)29)22(30)25-3)15-24(11-7-8-12-24)28-13-16(2)17-9-5-6-10-18(17)28/h5-6,9-10,13-14H,4,7-8,11-12,15H2,1-3H3,(H,25,30). The Balaban J connectivity index is 1.80. The smallest absolute Gasteiger partial charge is 0.434 e. The van der Waals surface area contributed by atoms with Crippen molar-refractivity contribution in [3.05, 3.63) is 58.1 Å². The van der Waals surface area contributed by atoms with E-state index in [1.54, 1.807) is 6.92 Å².